The maximum absolute atomic E-state index is 5.03. The zero-order valence-electron chi connectivity index (χ0n) is 8.68. The fraction of sp³-hybridized carbons (Fsp3) is 1.00. The van der Waals surface area contributed by atoms with E-state index >= 15 is 0 Å². The van der Waals surface area contributed by atoms with Gasteiger partial charge in [-0.15, -0.1) is 0 Å². The second-order valence-electron chi connectivity index (χ2n) is 4.59. The number of nitrogens with one attached hydrogen (secondary N) is 1. The minimum atomic E-state index is 0.543. The van der Waals surface area contributed by atoms with Gasteiger partial charge in [0.2, 0.25) is 0 Å². The second kappa shape index (κ2) is 3.75. The third-order valence-corrected chi connectivity index (χ3v) is 2.75. The number of hydrogen-bond acceptors (Lipinski definition) is 2. The van der Waals surface area contributed by atoms with Crippen LogP contribution in [0, 0.1) is 5.41 Å². The van der Waals surface area contributed by atoms with Crippen molar-refractivity contribution in [2.75, 3.05) is 13.7 Å². The van der Waals surface area contributed by atoms with E-state index in [0.29, 0.717) is 11.5 Å². The monoisotopic (exact) mass is 171 g/mol. The lowest BCUT2D eigenvalue weighted by atomic mass is 10.1. The first kappa shape index (κ1) is 10.0. The first-order valence-corrected chi connectivity index (χ1v) is 4.81. The summed E-state index contributed by atoms with van der Waals surface area (Å²) in [5.74, 6) is 0. The van der Waals surface area contributed by atoms with Gasteiger partial charge in [0, 0.05) is 25.8 Å². The largest absolute Gasteiger partial charge is 0.385 e. The van der Waals surface area contributed by atoms with Crippen molar-refractivity contribution in [1.82, 2.24) is 5.32 Å². The molecule has 0 aromatic rings. The van der Waals surface area contributed by atoms with E-state index in [2.05, 4.69) is 26.1 Å². The highest BCUT2D eigenvalue weighted by Crippen LogP contribution is 2.44. The Labute approximate surface area is 75.7 Å². The lowest BCUT2D eigenvalue weighted by molar-refractivity contribution is 0.184. The standard InChI is InChI=1S/C10H21NO/c1-8(5-6-12-4)11-9-7-10(9,2)3/h8-9,11H,5-7H2,1-4H3. The number of rotatable bonds is 5. The van der Waals surface area contributed by atoms with Gasteiger partial charge in [-0.25, -0.2) is 0 Å². The van der Waals surface area contributed by atoms with Crippen LogP contribution in [-0.4, -0.2) is 25.8 Å². The van der Waals surface area contributed by atoms with Crippen molar-refractivity contribution in [2.45, 2.75) is 45.7 Å². The molecule has 1 rings (SSSR count). The molecule has 2 atom stereocenters. The Morgan fingerprint density at radius 3 is 2.58 bits per heavy atom. The van der Waals surface area contributed by atoms with E-state index in [1.54, 1.807) is 7.11 Å². The van der Waals surface area contributed by atoms with Crippen molar-refractivity contribution in [3.63, 3.8) is 0 Å². The van der Waals surface area contributed by atoms with Gasteiger partial charge in [-0.3, -0.25) is 0 Å². The van der Waals surface area contributed by atoms with Crippen molar-refractivity contribution >= 4 is 0 Å². The summed E-state index contributed by atoms with van der Waals surface area (Å²) in [7, 11) is 1.76. The highest BCUT2D eigenvalue weighted by molar-refractivity contribution is 5.02. The molecule has 72 valence electrons. The Bertz CT molecular complexity index is 145. The quantitative estimate of drug-likeness (QED) is 0.681. The third kappa shape index (κ3) is 2.76. The Kier molecular flexibility index (Phi) is 3.13. The average molecular weight is 171 g/mol. The summed E-state index contributed by atoms with van der Waals surface area (Å²) in [5.41, 5.74) is 0.543. The lowest BCUT2D eigenvalue weighted by Crippen LogP contribution is -2.31. The molecule has 1 aliphatic rings. The Morgan fingerprint density at radius 2 is 2.17 bits per heavy atom. The van der Waals surface area contributed by atoms with E-state index in [1.165, 1.54) is 6.42 Å². The molecular weight excluding hydrogens is 150 g/mol. The summed E-state index contributed by atoms with van der Waals surface area (Å²) >= 11 is 0. The van der Waals surface area contributed by atoms with Gasteiger partial charge in [-0.2, -0.15) is 0 Å². The molecule has 0 aromatic carbocycles. The van der Waals surface area contributed by atoms with Crippen molar-refractivity contribution in [3.8, 4) is 0 Å². The maximum atomic E-state index is 5.03. The van der Waals surface area contributed by atoms with Gasteiger partial charge in [0.1, 0.15) is 0 Å². The summed E-state index contributed by atoms with van der Waals surface area (Å²) in [4.78, 5) is 0. The fourth-order valence-corrected chi connectivity index (χ4v) is 1.47. The Morgan fingerprint density at radius 1 is 1.58 bits per heavy atom. The van der Waals surface area contributed by atoms with Gasteiger partial charge in [-0.1, -0.05) is 13.8 Å². The number of hydrogen-bond donors (Lipinski definition) is 1. The van der Waals surface area contributed by atoms with E-state index in [-0.39, 0.29) is 0 Å². The first-order chi connectivity index (χ1) is 5.56. The topological polar surface area (TPSA) is 21.3 Å². The van der Waals surface area contributed by atoms with Crippen molar-refractivity contribution in [3.05, 3.63) is 0 Å². The van der Waals surface area contributed by atoms with Crippen LogP contribution in [0.25, 0.3) is 0 Å². The Hall–Kier alpha value is -0.0800. The van der Waals surface area contributed by atoms with Crippen LogP contribution in [0.4, 0.5) is 0 Å². The molecule has 0 amide bonds. The van der Waals surface area contributed by atoms with Crippen LogP contribution in [0.2, 0.25) is 0 Å². The van der Waals surface area contributed by atoms with E-state index in [0.717, 1.165) is 19.1 Å². The van der Waals surface area contributed by atoms with Gasteiger partial charge in [-0.05, 0) is 25.2 Å². The Balaban J connectivity index is 2.07. The van der Waals surface area contributed by atoms with Crippen LogP contribution in [-0.2, 0) is 4.74 Å². The first-order valence-electron chi connectivity index (χ1n) is 4.81. The second-order valence-corrected chi connectivity index (χ2v) is 4.59. The number of methoxy groups -OCH3 is 1. The van der Waals surface area contributed by atoms with Crippen LogP contribution in [0.15, 0.2) is 0 Å². The minimum absolute atomic E-state index is 0.543. The lowest BCUT2D eigenvalue weighted by Gasteiger charge is -2.14. The summed E-state index contributed by atoms with van der Waals surface area (Å²) in [6, 6.07) is 1.33. The smallest absolute Gasteiger partial charge is 0.0476 e. The molecule has 0 aromatic heterocycles. The number of ether oxygens (including phenoxy) is 1. The van der Waals surface area contributed by atoms with Gasteiger partial charge < -0.3 is 10.1 Å². The molecule has 0 saturated heterocycles. The highest BCUT2D eigenvalue weighted by Gasteiger charge is 2.45. The molecular formula is C10H21NO. The zero-order chi connectivity index (χ0) is 9.19. The molecule has 2 unspecified atom stereocenters. The van der Waals surface area contributed by atoms with E-state index in [1.807, 2.05) is 0 Å². The van der Waals surface area contributed by atoms with Crippen molar-refractivity contribution in [2.24, 2.45) is 5.41 Å². The molecule has 0 bridgehead atoms. The van der Waals surface area contributed by atoms with Crippen LogP contribution in [0.1, 0.15) is 33.6 Å². The molecule has 1 aliphatic carbocycles. The minimum Gasteiger partial charge on any atom is -0.385 e. The maximum Gasteiger partial charge on any atom is 0.0476 e. The highest BCUT2D eigenvalue weighted by atomic mass is 16.5. The predicted octanol–water partition coefficient (Wildman–Crippen LogP) is 1.80. The summed E-state index contributed by atoms with van der Waals surface area (Å²) in [5, 5.41) is 3.60. The molecule has 0 heterocycles. The van der Waals surface area contributed by atoms with E-state index < -0.39 is 0 Å². The van der Waals surface area contributed by atoms with Crippen LogP contribution in [0.3, 0.4) is 0 Å². The van der Waals surface area contributed by atoms with Gasteiger partial charge in [0.25, 0.3) is 0 Å². The molecule has 1 N–H and O–H groups in total. The van der Waals surface area contributed by atoms with Gasteiger partial charge in [0.05, 0.1) is 0 Å². The molecule has 2 heteroatoms. The molecule has 1 fully saturated rings. The predicted molar refractivity (Wildman–Crippen MR) is 51.3 cm³/mol. The molecule has 0 aliphatic heterocycles. The molecule has 2 nitrogen and oxygen atoms in total. The SMILES string of the molecule is COCCC(C)NC1CC1(C)C. The average Bonchev–Trinajstić information content (AvgIpc) is 2.54. The fourth-order valence-electron chi connectivity index (χ4n) is 1.47. The zero-order valence-corrected chi connectivity index (χ0v) is 8.68. The normalized spacial score (nSPS) is 28.5. The molecule has 0 spiro atoms. The van der Waals surface area contributed by atoms with Crippen molar-refractivity contribution < 1.29 is 4.74 Å². The molecule has 1 saturated carbocycles. The van der Waals surface area contributed by atoms with Gasteiger partial charge in [0.15, 0.2) is 0 Å². The van der Waals surface area contributed by atoms with Crippen LogP contribution < -0.4 is 5.32 Å². The van der Waals surface area contributed by atoms with Gasteiger partial charge >= 0.3 is 0 Å². The van der Waals surface area contributed by atoms with Crippen molar-refractivity contribution in [1.29, 1.82) is 0 Å². The van der Waals surface area contributed by atoms with Crippen LogP contribution >= 0.6 is 0 Å². The van der Waals surface area contributed by atoms with E-state index in [4.69, 9.17) is 4.74 Å². The summed E-state index contributed by atoms with van der Waals surface area (Å²) < 4.78 is 5.03. The third-order valence-electron chi connectivity index (χ3n) is 2.75. The summed E-state index contributed by atoms with van der Waals surface area (Å²) in [6.45, 7) is 7.72. The van der Waals surface area contributed by atoms with Crippen LogP contribution in [0.5, 0.6) is 0 Å². The molecule has 0 radical (unpaired) electrons. The summed E-state index contributed by atoms with van der Waals surface area (Å²) in [6.07, 6.45) is 2.44. The van der Waals surface area contributed by atoms with E-state index in [9.17, 15) is 0 Å². The molecule has 12 heavy (non-hydrogen) atoms.